The van der Waals surface area contributed by atoms with Crippen molar-refractivity contribution in [1.82, 2.24) is 4.90 Å². The molecule has 0 unspecified atom stereocenters. The predicted molar refractivity (Wildman–Crippen MR) is 86.8 cm³/mol. The second-order valence-electron chi connectivity index (χ2n) is 5.73. The standard InChI is InChI=1S/C15H21IN2O/c1-17-8-6-15(7-9-17)12-18(10-11-19-15)14-4-2-13(16)3-5-14/h2-5H,6-12H2,1H3. The van der Waals surface area contributed by atoms with Crippen LogP contribution in [0.25, 0.3) is 0 Å². The number of rotatable bonds is 1. The summed E-state index contributed by atoms with van der Waals surface area (Å²) in [6.07, 6.45) is 2.31. The number of anilines is 1. The minimum absolute atomic E-state index is 0.0910. The Kier molecular flexibility index (Phi) is 4.01. The van der Waals surface area contributed by atoms with E-state index in [9.17, 15) is 0 Å². The summed E-state index contributed by atoms with van der Waals surface area (Å²) in [5, 5.41) is 0. The van der Waals surface area contributed by atoms with Gasteiger partial charge in [-0.15, -0.1) is 0 Å². The molecule has 2 fully saturated rings. The summed E-state index contributed by atoms with van der Waals surface area (Å²) in [6, 6.07) is 8.84. The number of hydrogen-bond acceptors (Lipinski definition) is 3. The number of nitrogens with zero attached hydrogens (tertiary/aromatic N) is 2. The van der Waals surface area contributed by atoms with E-state index in [0.717, 1.165) is 45.6 Å². The van der Waals surface area contributed by atoms with Gasteiger partial charge in [0.1, 0.15) is 0 Å². The molecule has 2 heterocycles. The molecule has 0 bridgehead atoms. The largest absolute Gasteiger partial charge is 0.371 e. The summed E-state index contributed by atoms with van der Waals surface area (Å²) >= 11 is 2.36. The molecule has 2 saturated heterocycles. The molecule has 1 aromatic rings. The average Bonchev–Trinajstić information content (AvgIpc) is 2.44. The number of morpholine rings is 1. The van der Waals surface area contributed by atoms with Crippen LogP contribution in [-0.4, -0.2) is 50.3 Å². The monoisotopic (exact) mass is 372 g/mol. The highest BCUT2D eigenvalue weighted by Crippen LogP contribution is 2.31. The molecule has 3 rings (SSSR count). The zero-order valence-corrected chi connectivity index (χ0v) is 13.6. The van der Waals surface area contributed by atoms with Crippen LogP contribution in [0, 0.1) is 3.57 Å². The number of ether oxygens (including phenoxy) is 1. The van der Waals surface area contributed by atoms with Crippen molar-refractivity contribution in [3.05, 3.63) is 27.8 Å². The van der Waals surface area contributed by atoms with Gasteiger partial charge in [0.15, 0.2) is 0 Å². The minimum atomic E-state index is 0.0910. The first-order valence-electron chi connectivity index (χ1n) is 7.00. The average molecular weight is 372 g/mol. The molecule has 104 valence electrons. The van der Waals surface area contributed by atoms with Crippen molar-refractivity contribution in [2.75, 3.05) is 44.7 Å². The molecular weight excluding hydrogens is 351 g/mol. The molecule has 0 radical (unpaired) electrons. The van der Waals surface area contributed by atoms with E-state index in [1.54, 1.807) is 0 Å². The lowest BCUT2D eigenvalue weighted by Crippen LogP contribution is -2.56. The SMILES string of the molecule is CN1CCC2(CC1)CN(c1ccc(I)cc1)CCO2. The van der Waals surface area contributed by atoms with Crippen LogP contribution >= 0.6 is 22.6 Å². The molecular formula is C15H21IN2O. The highest BCUT2D eigenvalue weighted by molar-refractivity contribution is 14.1. The molecule has 19 heavy (non-hydrogen) atoms. The predicted octanol–water partition coefficient (Wildman–Crippen LogP) is 2.59. The van der Waals surface area contributed by atoms with Crippen molar-refractivity contribution >= 4 is 28.3 Å². The van der Waals surface area contributed by atoms with E-state index in [1.165, 1.54) is 9.26 Å². The van der Waals surface area contributed by atoms with Gasteiger partial charge in [0.2, 0.25) is 0 Å². The molecule has 0 amide bonds. The van der Waals surface area contributed by atoms with E-state index in [-0.39, 0.29) is 5.60 Å². The van der Waals surface area contributed by atoms with Gasteiger partial charge in [0, 0.05) is 35.4 Å². The maximum absolute atomic E-state index is 6.16. The highest BCUT2D eigenvalue weighted by Gasteiger charge is 2.39. The van der Waals surface area contributed by atoms with Crippen LogP contribution in [0.4, 0.5) is 5.69 Å². The van der Waals surface area contributed by atoms with Gasteiger partial charge in [0.05, 0.1) is 12.2 Å². The molecule has 0 saturated carbocycles. The summed E-state index contributed by atoms with van der Waals surface area (Å²) in [5.41, 5.74) is 1.43. The van der Waals surface area contributed by atoms with Crippen molar-refractivity contribution in [2.45, 2.75) is 18.4 Å². The van der Waals surface area contributed by atoms with Gasteiger partial charge in [-0.1, -0.05) is 0 Å². The lowest BCUT2D eigenvalue weighted by atomic mass is 9.89. The zero-order valence-electron chi connectivity index (χ0n) is 11.4. The lowest BCUT2D eigenvalue weighted by Gasteiger charge is -2.47. The second-order valence-corrected chi connectivity index (χ2v) is 6.98. The Balaban J connectivity index is 1.72. The number of piperidine rings is 1. The zero-order chi connectivity index (χ0) is 13.3. The minimum Gasteiger partial charge on any atom is -0.371 e. The summed E-state index contributed by atoms with van der Waals surface area (Å²) < 4.78 is 7.46. The van der Waals surface area contributed by atoms with E-state index < -0.39 is 0 Å². The number of halogens is 1. The Morgan fingerprint density at radius 2 is 1.79 bits per heavy atom. The summed E-state index contributed by atoms with van der Waals surface area (Å²) in [6.45, 7) is 5.22. The Labute approximate surface area is 129 Å². The van der Waals surface area contributed by atoms with E-state index in [4.69, 9.17) is 4.74 Å². The quantitative estimate of drug-likeness (QED) is 0.705. The first kappa shape index (κ1) is 13.6. The van der Waals surface area contributed by atoms with Crippen molar-refractivity contribution < 1.29 is 4.74 Å². The van der Waals surface area contributed by atoms with E-state index >= 15 is 0 Å². The van der Waals surface area contributed by atoms with Crippen LogP contribution in [0.15, 0.2) is 24.3 Å². The third kappa shape index (κ3) is 3.06. The van der Waals surface area contributed by atoms with Crippen molar-refractivity contribution in [2.24, 2.45) is 0 Å². The first-order valence-corrected chi connectivity index (χ1v) is 8.08. The Morgan fingerprint density at radius 3 is 2.47 bits per heavy atom. The van der Waals surface area contributed by atoms with Gasteiger partial charge in [-0.2, -0.15) is 0 Å². The summed E-state index contributed by atoms with van der Waals surface area (Å²) in [5.74, 6) is 0. The van der Waals surface area contributed by atoms with Crippen LogP contribution in [0.5, 0.6) is 0 Å². The first-order chi connectivity index (χ1) is 9.17. The molecule has 2 aliphatic heterocycles. The smallest absolute Gasteiger partial charge is 0.0881 e. The van der Waals surface area contributed by atoms with Gasteiger partial charge in [0.25, 0.3) is 0 Å². The highest BCUT2D eigenvalue weighted by atomic mass is 127. The summed E-state index contributed by atoms with van der Waals surface area (Å²) in [7, 11) is 2.20. The topological polar surface area (TPSA) is 15.7 Å². The van der Waals surface area contributed by atoms with Gasteiger partial charge >= 0.3 is 0 Å². The van der Waals surface area contributed by atoms with E-state index in [2.05, 4.69) is 63.7 Å². The molecule has 1 aromatic carbocycles. The Morgan fingerprint density at radius 1 is 1.11 bits per heavy atom. The molecule has 0 aromatic heterocycles. The number of benzene rings is 1. The third-order valence-corrected chi connectivity index (χ3v) is 5.06. The molecule has 0 N–H and O–H groups in total. The van der Waals surface area contributed by atoms with Crippen molar-refractivity contribution in [1.29, 1.82) is 0 Å². The molecule has 0 atom stereocenters. The van der Waals surface area contributed by atoms with Crippen LogP contribution in [0.1, 0.15) is 12.8 Å². The fourth-order valence-corrected chi connectivity index (χ4v) is 3.41. The maximum Gasteiger partial charge on any atom is 0.0881 e. The lowest BCUT2D eigenvalue weighted by molar-refractivity contribution is -0.0883. The second kappa shape index (κ2) is 5.58. The normalized spacial score (nSPS) is 23.8. The van der Waals surface area contributed by atoms with Crippen molar-refractivity contribution in [3.8, 4) is 0 Å². The van der Waals surface area contributed by atoms with Gasteiger partial charge in [-0.05, 0) is 66.7 Å². The third-order valence-electron chi connectivity index (χ3n) is 4.34. The van der Waals surface area contributed by atoms with Crippen LogP contribution in [0.3, 0.4) is 0 Å². The molecule has 0 aliphatic carbocycles. The van der Waals surface area contributed by atoms with Gasteiger partial charge in [-0.3, -0.25) is 0 Å². The van der Waals surface area contributed by atoms with Crippen LogP contribution in [0.2, 0.25) is 0 Å². The van der Waals surface area contributed by atoms with Crippen LogP contribution < -0.4 is 4.90 Å². The Bertz CT molecular complexity index is 426. The van der Waals surface area contributed by atoms with Crippen LogP contribution in [-0.2, 0) is 4.74 Å². The number of hydrogen-bond donors (Lipinski definition) is 0. The fraction of sp³-hybridized carbons (Fsp3) is 0.600. The number of likely N-dealkylation sites (tertiary alicyclic amines) is 1. The Hall–Kier alpha value is -0.330. The van der Waals surface area contributed by atoms with E-state index in [1.807, 2.05) is 0 Å². The summed E-state index contributed by atoms with van der Waals surface area (Å²) in [4.78, 5) is 4.89. The molecule has 4 heteroatoms. The molecule has 3 nitrogen and oxygen atoms in total. The van der Waals surface area contributed by atoms with E-state index in [0.29, 0.717) is 0 Å². The molecule has 1 spiro atoms. The van der Waals surface area contributed by atoms with Gasteiger partial charge in [-0.25, -0.2) is 0 Å². The van der Waals surface area contributed by atoms with Gasteiger partial charge < -0.3 is 14.5 Å². The maximum atomic E-state index is 6.16. The van der Waals surface area contributed by atoms with Crippen molar-refractivity contribution in [3.63, 3.8) is 0 Å². The fourth-order valence-electron chi connectivity index (χ4n) is 3.05. The molecule has 2 aliphatic rings.